The number of phenols is 2. The number of carbonyl (C=O) groups excluding carboxylic acids is 4. The maximum Gasteiger partial charge on any atom is 0.262 e. The molecule has 10 nitrogen and oxygen atoms in total. The molecule has 0 aliphatic rings. The Balaban J connectivity index is 0.000000221. The van der Waals surface area contributed by atoms with Gasteiger partial charge in [0, 0.05) is 45.9 Å². The number of amides is 2. The smallest absolute Gasteiger partial charge is 0.262 e. The summed E-state index contributed by atoms with van der Waals surface area (Å²) in [5.41, 5.74) is 7.08. The third-order valence-corrected chi connectivity index (χ3v) is 11.0. The van der Waals surface area contributed by atoms with E-state index in [4.69, 9.17) is 23.2 Å². The van der Waals surface area contributed by atoms with Gasteiger partial charge < -0.3 is 20.8 Å². The van der Waals surface area contributed by atoms with Crippen LogP contribution in [0.25, 0.3) is 21.8 Å². The molecule has 1 atom stereocenters. The molecule has 58 heavy (non-hydrogen) atoms. The van der Waals surface area contributed by atoms with Gasteiger partial charge in [-0.15, -0.1) is 0 Å². The molecule has 4 N–H and O–H groups in total. The number of nitrogens with one attached hydrogen (secondary N) is 2. The average Bonchev–Trinajstić information content (AvgIpc) is 3.59. The van der Waals surface area contributed by atoms with E-state index in [9.17, 15) is 29.4 Å². The van der Waals surface area contributed by atoms with E-state index in [1.165, 1.54) is 12.1 Å². The number of aryl methyl sites for hydroxylation is 2. The summed E-state index contributed by atoms with van der Waals surface area (Å²) in [5, 5.41) is 27.7. The molecule has 6 rings (SSSR count). The topological polar surface area (TPSA) is 143 Å². The normalized spacial score (nSPS) is 11.6. The number of fused-ring (bicyclic) bond motifs is 2. The predicted octanol–water partition coefficient (Wildman–Crippen LogP) is 9.53. The van der Waals surface area contributed by atoms with Crippen LogP contribution in [-0.2, 0) is 22.4 Å². The number of rotatable bonds is 11. The molecule has 0 radical (unpaired) electrons. The Hall–Kier alpha value is -5.58. The number of unbranched alkanes of at least 4 members (excludes halogenated alkanes) is 1. The Morgan fingerprint density at radius 3 is 1.47 bits per heavy atom. The van der Waals surface area contributed by atoms with Crippen molar-refractivity contribution >= 4 is 68.6 Å². The Bertz CT molecular complexity index is 2500. The number of phenolic OH excluding ortho intramolecular Hbond substituents is 2. The summed E-state index contributed by atoms with van der Waals surface area (Å²) in [5.74, 6) is -0.805. The number of carbonyl (C=O) groups is 4. The van der Waals surface area contributed by atoms with Gasteiger partial charge in [-0.05, 0) is 107 Å². The van der Waals surface area contributed by atoms with Crippen LogP contribution in [0.3, 0.4) is 0 Å². The van der Waals surface area contributed by atoms with Crippen LogP contribution < -0.4 is 10.6 Å². The summed E-state index contributed by atoms with van der Waals surface area (Å²) < 4.78 is 3.14. The van der Waals surface area contributed by atoms with Crippen molar-refractivity contribution in [2.24, 2.45) is 0 Å². The van der Waals surface area contributed by atoms with Crippen molar-refractivity contribution in [3.05, 3.63) is 128 Å². The molecule has 0 fully saturated rings. The van der Waals surface area contributed by atoms with Crippen molar-refractivity contribution in [2.75, 3.05) is 6.54 Å². The lowest BCUT2D eigenvalue weighted by Crippen LogP contribution is -2.33. The summed E-state index contributed by atoms with van der Waals surface area (Å²) in [6, 6.07) is 20.9. The molecule has 0 spiro atoms. The predicted molar refractivity (Wildman–Crippen MR) is 232 cm³/mol. The van der Waals surface area contributed by atoms with Crippen molar-refractivity contribution in [2.45, 2.75) is 86.6 Å². The molecule has 6 aromatic rings. The van der Waals surface area contributed by atoms with Gasteiger partial charge in [0.1, 0.15) is 11.5 Å². The fraction of sp³-hybridized carbons (Fsp3) is 0.304. The molecule has 304 valence electrons. The van der Waals surface area contributed by atoms with Crippen molar-refractivity contribution in [1.82, 2.24) is 19.8 Å². The molecule has 0 aliphatic heterocycles. The average molecular weight is 826 g/mol. The lowest BCUT2D eigenvalue weighted by molar-refractivity contribution is -0.121. The Morgan fingerprint density at radius 2 is 1.07 bits per heavy atom. The van der Waals surface area contributed by atoms with Gasteiger partial charge in [0.05, 0.1) is 33.9 Å². The molecule has 0 aliphatic carbocycles. The monoisotopic (exact) mass is 824 g/mol. The molecule has 0 saturated heterocycles. The standard InChI is InChI=1S/2C23H25ClN2O3/c1-5-14(3)25-22(28)11-17-15(4)26(20-12-19(24)21(27)10-18(17)20)23(29)16-8-6-13(2)7-9-16;1-4-5-10-25-22(28)12-17-15(3)26(20-13-19(24)21(27)11-18(17)20)23(29)16-8-6-14(2)7-9-16/h6-10,12,14,27H,5,11H2,1-4H3,(H,25,28);6-9,11,13,27H,4-5,10,12H2,1-3H3,(H,25,28). The van der Waals surface area contributed by atoms with E-state index >= 15 is 0 Å². The van der Waals surface area contributed by atoms with E-state index < -0.39 is 0 Å². The number of hydrogen-bond donors (Lipinski definition) is 4. The van der Waals surface area contributed by atoms with Crippen LogP contribution >= 0.6 is 23.2 Å². The molecule has 12 heteroatoms. The minimum Gasteiger partial charge on any atom is -0.506 e. The summed E-state index contributed by atoms with van der Waals surface area (Å²) in [6.07, 6.45) is 2.98. The fourth-order valence-electron chi connectivity index (χ4n) is 6.81. The van der Waals surface area contributed by atoms with Gasteiger partial charge in [-0.2, -0.15) is 0 Å². The SMILES string of the molecule is CCC(C)NC(=O)Cc1c(C)n(C(=O)c2ccc(C)cc2)c2cc(Cl)c(O)cc12.CCCCNC(=O)Cc1c(C)n(C(=O)c2ccc(C)cc2)c2cc(Cl)c(O)cc12. The van der Waals surface area contributed by atoms with Gasteiger partial charge in [0.15, 0.2) is 0 Å². The second kappa shape index (κ2) is 18.8. The van der Waals surface area contributed by atoms with Crippen LogP contribution in [0, 0.1) is 27.7 Å². The lowest BCUT2D eigenvalue weighted by Gasteiger charge is -2.12. The number of nitrogens with zero attached hydrogens (tertiary/aromatic N) is 2. The van der Waals surface area contributed by atoms with Gasteiger partial charge in [-0.25, -0.2) is 0 Å². The van der Waals surface area contributed by atoms with E-state index in [-0.39, 0.29) is 64.1 Å². The van der Waals surface area contributed by atoms with Crippen molar-refractivity contribution in [1.29, 1.82) is 0 Å². The maximum absolute atomic E-state index is 13.3. The zero-order valence-electron chi connectivity index (χ0n) is 33.9. The van der Waals surface area contributed by atoms with Gasteiger partial charge in [-0.3, -0.25) is 28.3 Å². The molecular weight excluding hydrogens is 775 g/mol. The fourth-order valence-corrected chi connectivity index (χ4v) is 7.13. The molecule has 1 unspecified atom stereocenters. The van der Waals surface area contributed by atoms with Crippen LogP contribution in [0.5, 0.6) is 11.5 Å². The highest BCUT2D eigenvalue weighted by molar-refractivity contribution is 6.33. The third kappa shape index (κ3) is 9.57. The van der Waals surface area contributed by atoms with Crippen molar-refractivity contribution in [3.8, 4) is 11.5 Å². The van der Waals surface area contributed by atoms with E-state index in [0.29, 0.717) is 62.0 Å². The van der Waals surface area contributed by atoms with Crippen LogP contribution in [-0.4, -0.2) is 55.6 Å². The van der Waals surface area contributed by atoms with E-state index in [0.717, 1.165) is 30.4 Å². The van der Waals surface area contributed by atoms with Crippen molar-refractivity contribution in [3.63, 3.8) is 0 Å². The van der Waals surface area contributed by atoms with Crippen LogP contribution in [0.4, 0.5) is 0 Å². The van der Waals surface area contributed by atoms with Gasteiger partial charge >= 0.3 is 0 Å². The Morgan fingerprint density at radius 1 is 0.655 bits per heavy atom. The number of aromatic nitrogens is 2. The van der Waals surface area contributed by atoms with Crippen LogP contribution in [0.15, 0.2) is 72.8 Å². The highest BCUT2D eigenvalue weighted by atomic mass is 35.5. The van der Waals surface area contributed by atoms with E-state index in [1.807, 2.05) is 65.8 Å². The first-order valence-corrected chi connectivity index (χ1v) is 20.1. The second-order valence-corrected chi connectivity index (χ2v) is 15.5. The largest absolute Gasteiger partial charge is 0.506 e. The first-order valence-electron chi connectivity index (χ1n) is 19.4. The maximum atomic E-state index is 13.3. The first-order chi connectivity index (χ1) is 27.6. The Kier molecular flexibility index (Phi) is 14.1. The van der Waals surface area contributed by atoms with Crippen LogP contribution in [0.2, 0.25) is 10.0 Å². The summed E-state index contributed by atoms with van der Waals surface area (Å²) in [7, 11) is 0. The minimum absolute atomic E-state index is 0.0631. The molecule has 4 aromatic carbocycles. The minimum atomic E-state index is -0.206. The Labute approximate surface area is 348 Å². The first kappa shape index (κ1) is 43.5. The van der Waals surface area contributed by atoms with E-state index in [2.05, 4.69) is 17.6 Å². The van der Waals surface area contributed by atoms with Gasteiger partial charge in [-0.1, -0.05) is 78.9 Å². The highest BCUT2D eigenvalue weighted by Gasteiger charge is 2.25. The number of halogens is 2. The molecule has 0 saturated carbocycles. The number of benzene rings is 4. The quantitative estimate of drug-likeness (QED) is 0.0959. The molecule has 2 aromatic heterocycles. The molecule has 0 bridgehead atoms. The zero-order valence-corrected chi connectivity index (χ0v) is 35.4. The zero-order chi connectivity index (χ0) is 42.4. The van der Waals surface area contributed by atoms with Gasteiger partial charge in [0.25, 0.3) is 11.8 Å². The van der Waals surface area contributed by atoms with E-state index in [1.54, 1.807) is 45.5 Å². The van der Waals surface area contributed by atoms with Gasteiger partial charge in [0.2, 0.25) is 11.8 Å². The molecular formula is C46H50Cl2N4O6. The summed E-state index contributed by atoms with van der Waals surface area (Å²) in [4.78, 5) is 51.5. The van der Waals surface area contributed by atoms with Crippen molar-refractivity contribution < 1.29 is 29.4 Å². The molecule has 2 heterocycles. The summed E-state index contributed by atoms with van der Waals surface area (Å²) >= 11 is 12.3. The number of hydrogen-bond acceptors (Lipinski definition) is 6. The second-order valence-electron chi connectivity index (χ2n) is 14.7. The lowest BCUT2D eigenvalue weighted by atomic mass is 10.1. The van der Waals surface area contributed by atoms with Crippen LogP contribution in [0.1, 0.15) is 94.4 Å². The highest BCUT2D eigenvalue weighted by Crippen LogP contribution is 2.36. The number of aromatic hydroxyl groups is 2. The third-order valence-electron chi connectivity index (χ3n) is 10.4. The molecule has 2 amide bonds. The summed E-state index contributed by atoms with van der Waals surface area (Å²) in [6.45, 7) is 14.2.